The lowest BCUT2D eigenvalue weighted by Crippen LogP contribution is -2.34. The number of likely N-dealkylation sites (N-methyl/N-ethyl adjacent to an activating group) is 1. The van der Waals surface area contributed by atoms with Crippen molar-refractivity contribution in [2.45, 2.75) is 57.9 Å². The third-order valence-corrected chi connectivity index (χ3v) is 8.03. The molecule has 13 heteroatoms. The molecule has 0 bridgehead atoms. The number of hydrogen-bond acceptors (Lipinski definition) is 11. The summed E-state index contributed by atoms with van der Waals surface area (Å²) in [7, 11) is 3.85. The first-order chi connectivity index (χ1) is 22.9. The van der Waals surface area contributed by atoms with Crippen molar-refractivity contribution >= 4 is 34.1 Å². The number of pyridine rings is 1. The van der Waals surface area contributed by atoms with E-state index < -0.39 is 4.92 Å². The number of hydrogen-bond donors (Lipinski definition) is 2. The van der Waals surface area contributed by atoms with Gasteiger partial charge in [0.15, 0.2) is 5.52 Å². The molecule has 0 atom stereocenters. The Balaban J connectivity index is 1.01. The van der Waals surface area contributed by atoms with Crippen LogP contribution < -0.4 is 20.3 Å². The molecule has 4 rings (SSSR count). The van der Waals surface area contributed by atoms with Crippen molar-refractivity contribution < 1.29 is 19.1 Å². The number of aromatic nitrogens is 3. The van der Waals surface area contributed by atoms with Gasteiger partial charge in [0.05, 0.1) is 17.7 Å². The number of rotatable bonds is 22. The second kappa shape index (κ2) is 19.0. The van der Waals surface area contributed by atoms with Crippen LogP contribution in [0, 0.1) is 10.1 Å². The number of non-ortho nitro benzene ring substituents is 1. The van der Waals surface area contributed by atoms with E-state index in [0.717, 1.165) is 82.7 Å². The van der Waals surface area contributed by atoms with E-state index in [9.17, 15) is 14.9 Å². The van der Waals surface area contributed by atoms with Crippen LogP contribution >= 0.6 is 0 Å². The molecule has 0 aliphatic heterocycles. The third-order valence-electron chi connectivity index (χ3n) is 8.03. The highest BCUT2D eigenvalue weighted by Crippen LogP contribution is 2.28. The fraction of sp³-hybridized carbons (Fsp3) is 0.471. The van der Waals surface area contributed by atoms with Crippen molar-refractivity contribution in [1.29, 1.82) is 0 Å². The van der Waals surface area contributed by atoms with Crippen molar-refractivity contribution in [2.24, 2.45) is 0 Å². The van der Waals surface area contributed by atoms with Crippen molar-refractivity contribution in [3.8, 4) is 5.75 Å². The molecule has 2 aromatic carbocycles. The Kier molecular flexibility index (Phi) is 14.2. The van der Waals surface area contributed by atoms with Crippen LogP contribution in [-0.2, 0) is 11.3 Å². The molecule has 252 valence electrons. The van der Waals surface area contributed by atoms with Crippen LogP contribution in [0.1, 0.15) is 56.9 Å². The topological polar surface area (TPSA) is 152 Å². The van der Waals surface area contributed by atoms with Crippen LogP contribution in [0.2, 0.25) is 0 Å². The molecule has 0 saturated carbocycles. The van der Waals surface area contributed by atoms with Gasteiger partial charge in [-0.2, -0.15) is 0 Å². The minimum atomic E-state index is -0.506. The lowest BCUT2D eigenvalue weighted by molar-refractivity contribution is -0.383. The molecule has 47 heavy (non-hydrogen) atoms. The molecule has 0 spiro atoms. The molecule has 0 fully saturated rings. The minimum Gasteiger partial charge on any atom is -0.497 e. The number of amides is 1. The predicted octanol–water partition coefficient (Wildman–Crippen LogP) is 5.82. The summed E-state index contributed by atoms with van der Waals surface area (Å²) in [6.07, 6.45) is 9.23. The Morgan fingerprint density at radius 3 is 2.43 bits per heavy atom. The van der Waals surface area contributed by atoms with Crippen LogP contribution in [0.15, 0.2) is 65.4 Å². The van der Waals surface area contributed by atoms with Gasteiger partial charge in [0.1, 0.15) is 11.6 Å². The largest absolute Gasteiger partial charge is 0.497 e. The Hall–Kier alpha value is -4.78. The smallest absolute Gasteiger partial charge is 0.300 e. The highest BCUT2D eigenvalue weighted by atomic mass is 16.6. The maximum atomic E-state index is 12.2. The Bertz CT molecular complexity index is 1520. The molecule has 0 aliphatic carbocycles. The Morgan fingerprint density at radius 1 is 0.894 bits per heavy atom. The molecule has 2 aromatic heterocycles. The second-order valence-electron chi connectivity index (χ2n) is 11.6. The number of fused-ring (bicyclic) bond motifs is 1. The highest BCUT2D eigenvalue weighted by Gasteiger charge is 2.19. The summed E-state index contributed by atoms with van der Waals surface area (Å²) in [5.41, 5.74) is 2.19. The molecule has 0 aliphatic rings. The van der Waals surface area contributed by atoms with Gasteiger partial charge in [-0.1, -0.05) is 37.5 Å². The maximum absolute atomic E-state index is 12.2. The van der Waals surface area contributed by atoms with E-state index in [1.165, 1.54) is 11.6 Å². The molecule has 1 amide bonds. The number of nitro groups is 1. The van der Waals surface area contributed by atoms with Crippen molar-refractivity contribution in [3.63, 3.8) is 0 Å². The molecular formula is C34H46N8O5. The number of unbranched alkanes of at least 4 members (excludes halogenated alkanes) is 5. The van der Waals surface area contributed by atoms with E-state index in [2.05, 4.69) is 65.6 Å². The number of carbonyl (C=O) groups is 1. The van der Waals surface area contributed by atoms with E-state index in [1.807, 2.05) is 30.5 Å². The number of benzene rings is 2. The van der Waals surface area contributed by atoms with Gasteiger partial charge in [-0.3, -0.25) is 14.9 Å². The summed E-state index contributed by atoms with van der Waals surface area (Å²) in [6, 6.07) is 17.2. The third kappa shape index (κ3) is 11.5. The average Bonchev–Trinajstić information content (AvgIpc) is 3.59. The summed E-state index contributed by atoms with van der Waals surface area (Å²) < 4.78 is 9.99. The van der Waals surface area contributed by atoms with Crippen LogP contribution in [-0.4, -0.2) is 77.9 Å². The quantitative estimate of drug-likeness (QED) is 0.0603. The van der Waals surface area contributed by atoms with Gasteiger partial charge in [-0.05, 0) is 85.5 Å². The zero-order valence-electron chi connectivity index (χ0n) is 27.4. The monoisotopic (exact) mass is 646 g/mol. The van der Waals surface area contributed by atoms with Gasteiger partial charge in [-0.15, -0.1) is 0 Å². The average molecular weight is 647 g/mol. The highest BCUT2D eigenvalue weighted by molar-refractivity contribution is 5.93. The first kappa shape index (κ1) is 35.1. The number of nitro benzene ring substituents is 1. The molecule has 0 saturated heterocycles. The standard InChI is InChI=1S/C34H46N8O5/c1-40(24-25-41(31-12-7-10-21-36-31)26-27-14-16-28(46-2)17-15-27)23-11-4-3-8-22-37-32(43)13-6-5-9-20-35-29-18-19-30(42(44)45)34-33(29)38-47-39-34/h7,10,12,14-19,21,35H,3-6,8-9,11,13,20,22-26H2,1-2H3,(H,37,43). The van der Waals surface area contributed by atoms with E-state index in [-0.39, 0.29) is 17.1 Å². The summed E-state index contributed by atoms with van der Waals surface area (Å²) in [5, 5.41) is 24.8. The number of carbonyl (C=O) groups excluding carboxylic acids is 1. The fourth-order valence-corrected chi connectivity index (χ4v) is 5.30. The molecule has 0 radical (unpaired) electrons. The molecule has 2 N–H and O–H groups in total. The van der Waals surface area contributed by atoms with E-state index in [1.54, 1.807) is 13.2 Å². The van der Waals surface area contributed by atoms with Crippen molar-refractivity contribution in [3.05, 3.63) is 76.5 Å². The van der Waals surface area contributed by atoms with Crippen LogP contribution in [0.4, 0.5) is 17.2 Å². The fourth-order valence-electron chi connectivity index (χ4n) is 5.30. The summed E-state index contributed by atoms with van der Waals surface area (Å²) >= 11 is 0. The molecule has 13 nitrogen and oxygen atoms in total. The second-order valence-corrected chi connectivity index (χ2v) is 11.6. The summed E-state index contributed by atoms with van der Waals surface area (Å²) in [4.78, 5) is 32.1. The molecule has 0 unspecified atom stereocenters. The number of methoxy groups -OCH3 is 1. The number of ether oxygens (including phenoxy) is 1. The van der Waals surface area contributed by atoms with Crippen molar-refractivity contribution in [1.82, 2.24) is 25.5 Å². The minimum absolute atomic E-state index is 0.0931. The van der Waals surface area contributed by atoms with Gasteiger partial charge in [0, 0.05) is 51.4 Å². The lowest BCUT2D eigenvalue weighted by atomic mass is 10.1. The van der Waals surface area contributed by atoms with Gasteiger partial charge in [0.2, 0.25) is 11.4 Å². The maximum Gasteiger partial charge on any atom is 0.300 e. The molecule has 4 aromatic rings. The first-order valence-corrected chi connectivity index (χ1v) is 16.3. The SMILES string of the molecule is COc1ccc(CN(CCN(C)CCCCCCNC(=O)CCCCCNc2ccc([N+](=O)[O-])c3nonc23)c2ccccn2)cc1. The number of anilines is 2. The Morgan fingerprint density at radius 2 is 1.66 bits per heavy atom. The van der Waals surface area contributed by atoms with Gasteiger partial charge < -0.3 is 25.2 Å². The zero-order chi connectivity index (χ0) is 33.3. The van der Waals surface area contributed by atoms with Gasteiger partial charge in [-0.25, -0.2) is 9.61 Å². The van der Waals surface area contributed by atoms with Crippen LogP contribution in [0.25, 0.3) is 11.0 Å². The van der Waals surface area contributed by atoms with Crippen molar-refractivity contribution in [2.75, 3.05) is 57.1 Å². The van der Waals surface area contributed by atoms with E-state index in [4.69, 9.17) is 4.74 Å². The number of nitrogens with one attached hydrogen (secondary N) is 2. The summed E-state index contributed by atoms with van der Waals surface area (Å²) in [5.74, 6) is 1.92. The normalized spacial score (nSPS) is 11.1. The molecule has 2 heterocycles. The molecular weight excluding hydrogens is 600 g/mol. The van der Waals surface area contributed by atoms with E-state index in [0.29, 0.717) is 30.7 Å². The first-order valence-electron chi connectivity index (χ1n) is 16.3. The van der Waals surface area contributed by atoms with Crippen LogP contribution in [0.3, 0.4) is 0 Å². The Labute approximate surface area is 275 Å². The number of nitrogens with zero attached hydrogens (tertiary/aromatic N) is 6. The predicted molar refractivity (Wildman–Crippen MR) is 183 cm³/mol. The lowest BCUT2D eigenvalue weighted by Gasteiger charge is -2.27. The van der Waals surface area contributed by atoms with Crippen LogP contribution in [0.5, 0.6) is 5.75 Å². The van der Waals surface area contributed by atoms with Gasteiger partial charge in [0.25, 0.3) is 0 Å². The zero-order valence-corrected chi connectivity index (χ0v) is 27.4. The summed E-state index contributed by atoms with van der Waals surface area (Å²) in [6.45, 7) is 5.01. The van der Waals surface area contributed by atoms with E-state index >= 15 is 0 Å². The van der Waals surface area contributed by atoms with Gasteiger partial charge >= 0.3 is 5.69 Å².